The minimum absolute atomic E-state index is 0.0113. The number of halogens is 3. The number of carbonyl (C=O) groups is 1. The molecule has 0 radical (unpaired) electrons. The van der Waals surface area contributed by atoms with E-state index in [1.54, 1.807) is 4.90 Å². The third-order valence-electron chi connectivity index (χ3n) is 5.89. The standard InChI is InChI=1S/C19H20F3N7O2/c20-19(21,22)15-9-14(2-1-13(15)10-23)29-16(25-26-27-29)11-31-17(30)28-8-5-18(12-28)3-6-24-7-4-18/h1-2,9,24H,3-8,11-12H2. The van der Waals surface area contributed by atoms with E-state index in [4.69, 9.17) is 10.00 Å². The van der Waals surface area contributed by atoms with Gasteiger partial charge in [-0.15, -0.1) is 5.10 Å². The van der Waals surface area contributed by atoms with E-state index in [9.17, 15) is 18.0 Å². The van der Waals surface area contributed by atoms with E-state index in [0.717, 1.165) is 49.2 Å². The van der Waals surface area contributed by atoms with Crippen molar-refractivity contribution in [3.63, 3.8) is 0 Å². The molecule has 2 aromatic rings. The number of nitrogens with zero attached hydrogens (tertiary/aromatic N) is 6. The zero-order valence-electron chi connectivity index (χ0n) is 16.5. The molecule has 1 aromatic heterocycles. The summed E-state index contributed by atoms with van der Waals surface area (Å²) in [6, 6.07) is 4.67. The number of nitriles is 1. The first-order valence-electron chi connectivity index (χ1n) is 9.83. The summed E-state index contributed by atoms with van der Waals surface area (Å²) in [7, 11) is 0. The lowest BCUT2D eigenvalue weighted by Gasteiger charge is -2.33. The van der Waals surface area contributed by atoms with Gasteiger partial charge in [0.25, 0.3) is 0 Å². The van der Waals surface area contributed by atoms with E-state index in [-0.39, 0.29) is 23.5 Å². The molecule has 9 nitrogen and oxygen atoms in total. The number of ether oxygens (including phenoxy) is 1. The largest absolute Gasteiger partial charge is 0.441 e. The highest BCUT2D eigenvalue weighted by Crippen LogP contribution is 2.38. The maximum Gasteiger partial charge on any atom is 0.417 e. The van der Waals surface area contributed by atoms with Crippen LogP contribution in [-0.2, 0) is 17.5 Å². The lowest BCUT2D eigenvalue weighted by atomic mass is 9.78. The molecule has 0 bridgehead atoms. The van der Waals surface area contributed by atoms with E-state index in [1.165, 1.54) is 12.1 Å². The molecule has 1 spiro atoms. The predicted octanol–water partition coefficient (Wildman–Crippen LogP) is 2.26. The molecular formula is C19H20F3N7O2. The number of alkyl halides is 3. The molecule has 4 rings (SSSR count). The highest BCUT2D eigenvalue weighted by molar-refractivity contribution is 5.68. The molecular weight excluding hydrogens is 415 g/mol. The molecule has 164 valence electrons. The molecule has 2 aliphatic rings. The van der Waals surface area contributed by atoms with Crippen LogP contribution in [-0.4, -0.2) is 57.4 Å². The fourth-order valence-corrected chi connectivity index (χ4v) is 4.17. The Labute approximate surface area is 175 Å². The number of carbonyl (C=O) groups excluding carboxylic acids is 1. The summed E-state index contributed by atoms with van der Waals surface area (Å²) in [6.45, 7) is 2.81. The Morgan fingerprint density at radius 1 is 1.29 bits per heavy atom. The van der Waals surface area contributed by atoms with Crippen LogP contribution in [0.3, 0.4) is 0 Å². The van der Waals surface area contributed by atoms with Gasteiger partial charge in [0.1, 0.15) is 0 Å². The molecule has 0 aliphatic carbocycles. The summed E-state index contributed by atoms with van der Waals surface area (Å²) in [5.41, 5.74) is -1.45. The molecule has 12 heteroatoms. The van der Waals surface area contributed by atoms with Crippen LogP contribution in [0.1, 0.15) is 36.2 Å². The summed E-state index contributed by atoms with van der Waals surface area (Å²) in [4.78, 5) is 14.2. The highest BCUT2D eigenvalue weighted by atomic mass is 19.4. The Hall–Kier alpha value is -3.20. The van der Waals surface area contributed by atoms with E-state index < -0.39 is 23.4 Å². The van der Waals surface area contributed by atoms with Crippen molar-refractivity contribution < 1.29 is 22.7 Å². The molecule has 1 amide bonds. The van der Waals surface area contributed by atoms with Gasteiger partial charge in [-0.25, -0.2) is 4.79 Å². The Morgan fingerprint density at radius 3 is 2.77 bits per heavy atom. The zero-order valence-corrected chi connectivity index (χ0v) is 16.5. The van der Waals surface area contributed by atoms with Crippen molar-refractivity contribution in [2.45, 2.75) is 32.0 Å². The van der Waals surface area contributed by atoms with Crippen LogP contribution in [0.4, 0.5) is 18.0 Å². The Morgan fingerprint density at radius 2 is 2.06 bits per heavy atom. The maximum absolute atomic E-state index is 13.2. The topological polar surface area (TPSA) is 109 Å². The van der Waals surface area contributed by atoms with Gasteiger partial charge in [-0.05, 0) is 66.4 Å². The van der Waals surface area contributed by atoms with Gasteiger partial charge in [-0.2, -0.15) is 23.1 Å². The Balaban J connectivity index is 1.45. The number of rotatable bonds is 3. The summed E-state index contributed by atoms with van der Waals surface area (Å²) in [6.07, 6.45) is -2.26. The number of nitrogens with one attached hydrogen (secondary N) is 1. The molecule has 0 atom stereocenters. The van der Waals surface area contributed by atoms with Gasteiger partial charge in [-0.3, -0.25) is 0 Å². The van der Waals surface area contributed by atoms with Crippen molar-refractivity contribution in [1.82, 2.24) is 30.4 Å². The highest BCUT2D eigenvalue weighted by Gasteiger charge is 2.41. The average molecular weight is 435 g/mol. The van der Waals surface area contributed by atoms with Gasteiger partial charge in [0.05, 0.1) is 22.9 Å². The lowest BCUT2D eigenvalue weighted by Crippen LogP contribution is -2.39. The van der Waals surface area contributed by atoms with E-state index in [0.29, 0.717) is 13.1 Å². The van der Waals surface area contributed by atoms with Crippen molar-refractivity contribution in [2.24, 2.45) is 5.41 Å². The first-order valence-corrected chi connectivity index (χ1v) is 9.83. The van der Waals surface area contributed by atoms with Crippen LogP contribution < -0.4 is 5.32 Å². The quantitative estimate of drug-likeness (QED) is 0.788. The van der Waals surface area contributed by atoms with Crippen LogP contribution >= 0.6 is 0 Å². The van der Waals surface area contributed by atoms with Crippen LogP contribution in [0, 0.1) is 16.7 Å². The monoisotopic (exact) mass is 435 g/mol. The summed E-state index contributed by atoms with van der Waals surface area (Å²) in [5.74, 6) is 0.0713. The number of aromatic nitrogens is 4. The minimum atomic E-state index is -4.71. The predicted molar refractivity (Wildman–Crippen MR) is 99.8 cm³/mol. The number of likely N-dealkylation sites (tertiary alicyclic amines) is 1. The van der Waals surface area contributed by atoms with Gasteiger partial charge in [0.2, 0.25) is 0 Å². The van der Waals surface area contributed by atoms with Crippen molar-refractivity contribution in [2.75, 3.05) is 26.2 Å². The fourth-order valence-electron chi connectivity index (χ4n) is 4.17. The van der Waals surface area contributed by atoms with Crippen LogP contribution in [0.5, 0.6) is 0 Å². The van der Waals surface area contributed by atoms with E-state index >= 15 is 0 Å². The number of piperidine rings is 1. The van der Waals surface area contributed by atoms with Crippen molar-refractivity contribution >= 4 is 6.09 Å². The molecule has 3 heterocycles. The molecule has 1 N–H and O–H groups in total. The second-order valence-electron chi connectivity index (χ2n) is 7.82. The lowest BCUT2D eigenvalue weighted by molar-refractivity contribution is -0.137. The summed E-state index contributed by atoms with van der Waals surface area (Å²) >= 11 is 0. The first kappa shape index (κ1) is 21.0. The van der Waals surface area contributed by atoms with Gasteiger partial charge >= 0.3 is 12.3 Å². The van der Waals surface area contributed by atoms with E-state index in [1.807, 2.05) is 0 Å². The Bertz CT molecular complexity index is 1010. The zero-order chi connectivity index (χ0) is 22.1. The van der Waals surface area contributed by atoms with Crippen molar-refractivity contribution in [3.05, 3.63) is 35.2 Å². The van der Waals surface area contributed by atoms with Gasteiger partial charge in [-0.1, -0.05) is 0 Å². The third kappa shape index (κ3) is 4.32. The molecule has 2 saturated heterocycles. The van der Waals surface area contributed by atoms with Crippen LogP contribution in [0.15, 0.2) is 18.2 Å². The summed E-state index contributed by atoms with van der Waals surface area (Å²) < 4.78 is 46.1. The second-order valence-corrected chi connectivity index (χ2v) is 7.82. The van der Waals surface area contributed by atoms with Gasteiger partial charge < -0.3 is 15.0 Å². The SMILES string of the molecule is N#Cc1ccc(-n2nnnc2COC(=O)N2CCC3(CCNCC3)C2)cc1C(F)(F)F. The number of hydrogen-bond donors (Lipinski definition) is 1. The van der Waals surface area contributed by atoms with Crippen LogP contribution in [0.25, 0.3) is 5.69 Å². The van der Waals surface area contributed by atoms with Crippen LogP contribution in [0.2, 0.25) is 0 Å². The third-order valence-corrected chi connectivity index (χ3v) is 5.89. The maximum atomic E-state index is 13.2. The number of hydrogen-bond acceptors (Lipinski definition) is 7. The molecule has 2 fully saturated rings. The smallest absolute Gasteiger partial charge is 0.417 e. The summed E-state index contributed by atoms with van der Waals surface area (Å²) in [5, 5.41) is 23.2. The Kier molecular flexibility index (Phi) is 5.53. The molecule has 31 heavy (non-hydrogen) atoms. The normalized spacial score (nSPS) is 18.2. The van der Waals surface area contributed by atoms with Crippen molar-refractivity contribution in [3.8, 4) is 11.8 Å². The number of tetrazole rings is 1. The molecule has 0 saturated carbocycles. The first-order chi connectivity index (χ1) is 14.8. The number of benzene rings is 1. The van der Waals surface area contributed by atoms with Crippen molar-refractivity contribution in [1.29, 1.82) is 5.26 Å². The second kappa shape index (κ2) is 8.14. The molecule has 0 unspecified atom stereocenters. The average Bonchev–Trinajstić information content (AvgIpc) is 3.39. The van der Waals surface area contributed by atoms with E-state index in [2.05, 4.69) is 20.8 Å². The minimum Gasteiger partial charge on any atom is -0.441 e. The molecule has 2 aliphatic heterocycles. The fraction of sp³-hybridized carbons (Fsp3) is 0.526. The number of amides is 1. The van der Waals surface area contributed by atoms with Gasteiger partial charge in [0, 0.05) is 13.1 Å². The van der Waals surface area contributed by atoms with Gasteiger partial charge in [0.15, 0.2) is 12.4 Å². The molecule has 1 aromatic carbocycles.